The molecule has 0 radical (unpaired) electrons. The molecule has 0 aromatic heterocycles. The van der Waals surface area contributed by atoms with Crippen LogP contribution in [0.3, 0.4) is 0 Å². The minimum atomic E-state index is -0.577. The Kier molecular flexibility index (Phi) is 5.92. The van der Waals surface area contributed by atoms with Gasteiger partial charge in [-0.2, -0.15) is 0 Å². The van der Waals surface area contributed by atoms with E-state index in [0.29, 0.717) is 48.5 Å². The number of carbonyl (C=O) groups is 1. The van der Waals surface area contributed by atoms with Crippen LogP contribution in [0.5, 0.6) is 5.75 Å². The number of aliphatic hydroxyl groups is 1. The lowest BCUT2D eigenvalue weighted by Gasteiger charge is -2.22. The molecule has 1 fully saturated rings. The van der Waals surface area contributed by atoms with Gasteiger partial charge in [0.15, 0.2) is 0 Å². The van der Waals surface area contributed by atoms with Crippen molar-refractivity contribution in [3.8, 4) is 5.75 Å². The molecular formula is C15H20Cl2N2O3. The molecule has 1 N–H and O–H groups in total. The lowest BCUT2D eigenvalue weighted by molar-refractivity contribution is -0.129. The highest BCUT2D eigenvalue weighted by Gasteiger charge is 2.23. The molecule has 2 rings (SSSR count). The van der Waals surface area contributed by atoms with Gasteiger partial charge >= 0.3 is 0 Å². The van der Waals surface area contributed by atoms with Crippen LogP contribution in [0.1, 0.15) is 12.5 Å². The SMILES string of the molecule is COc1c(Cl)cc(Cl)cc1CN1CCN(C(C)=O)C[C@H](O)C1. The Balaban J connectivity index is 2.15. The summed E-state index contributed by atoms with van der Waals surface area (Å²) in [7, 11) is 1.56. The first-order valence-corrected chi connectivity index (χ1v) is 7.84. The van der Waals surface area contributed by atoms with E-state index in [4.69, 9.17) is 27.9 Å². The van der Waals surface area contributed by atoms with Crippen LogP contribution in [0, 0.1) is 0 Å². The number of benzene rings is 1. The number of rotatable bonds is 3. The largest absolute Gasteiger partial charge is 0.495 e. The van der Waals surface area contributed by atoms with Crippen molar-refractivity contribution in [1.29, 1.82) is 0 Å². The van der Waals surface area contributed by atoms with Crippen molar-refractivity contribution < 1.29 is 14.6 Å². The van der Waals surface area contributed by atoms with Crippen molar-refractivity contribution in [2.75, 3.05) is 33.3 Å². The van der Waals surface area contributed by atoms with Gasteiger partial charge in [-0.25, -0.2) is 0 Å². The summed E-state index contributed by atoms with van der Waals surface area (Å²) in [6.07, 6.45) is -0.577. The fourth-order valence-electron chi connectivity index (χ4n) is 2.69. The van der Waals surface area contributed by atoms with Crippen molar-refractivity contribution in [3.63, 3.8) is 0 Å². The Hall–Kier alpha value is -1.01. The standard InChI is InChI=1S/C15H20Cl2N2O3/c1-10(20)19-4-3-18(8-13(21)9-19)7-11-5-12(16)6-14(17)15(11)22-2/h5-6,13,21H,3-4,7-9H2,1-2H3/t13-/m1/s1. The van der Waals surface area contributed by atoms with Gasteiger partial charge in [0.05, 0.1) is 18.2 Å². The van der Waals surface area contributed by atoms with Crippen LogP contribution in [0.25, 0.3) is 0 Å². The van der Waals surface area contributed by atoms with Crippen LogP contribution in [-0.4, -0.2) is 60.2 Å². The average Bonchev–Trinajstić information content (AvgIpc) is 2.60. The molecule has 1 aromatic carbocycles. The van der Waals surface area contributed by atoms with Gasteiger partial charge in [0.25, 0.3) is 0 Å². The number of aliphatic hydroxyl groups excluding tert-OH is 1. The molecule has 7 heteroatoms. The summed E-state index contributed by atoms with van der Waals surface area (Å²) in [5.74, 6) is 0.567. The van der Waals surface area contributed by atoms with E-state index < -0.39 is 6.10 Å². The molecule has 0 spiro atoms. The second kappa shape index (κ2) is 7.51. The van der Waals surface area contributed by atoms with Gasteiger partial charge in [0.1, 0.15) is 5.75 Å². The zero-order valence-corrected chi connectivity index (χ0v) is 14.2. The first-order valence-electron chi connectivity index (χ1n) is 7.08. The zero-order valence-electron chi connectivity index (χ0n) is 12.7. The predicted octanol–water partition coefficient (Wildman–Crippen LogP) is 2.03. The van der Waals surface area contributed by atoms with Crippen LogP contribution >= 0.6 is 23.2 Å². The third-order valence-corrected chi connectivity index (χ3v) is 4.21. The topological polar surface area (TPSA) is 53.0 Å². The fourth-order valence-corrected chi connectivity index (χ4v) is 3.30. The molecule has 1 atom stereocenters. The molecule has 0 bridgehead atoms. The van der Waals surface area contributed by atoms with Crippen LogP contribution in [0.4, 0.5) is 0 Å². The predicted molar refractivity (Wildman–Crippen MR) is 86.6 cm³/mol. The van der Waals surface area contributed by atoms with E-state index in [-0.39, 0.29) is 5.91 Å². The number of amides is 1. The number of carbonyl (C=O) groups excluding carboxylic acids is 1. The first-order chi connectivity index (χ1) is 10.4. The van der Waals surface area contributed by atoms with Gasteiger partial charge in [-0.05, 0) is 12.1 Å². The third kappa shape index (κ3) is 4.26. The molecular weight excluding hydrogens is 327 g/mol. The molecule has 1 saturated heterocycles. The number of β-amino-alcohol motifs (C(OH)–C–C–N with tert-alkyl or cyclic N) is 1. The summed E-state index contributed by atoms with van der Waals surface area (Å²) in [6, 6.07) is 3.45. The smallest absolute Gasteiger partial charge is 0.219 e. The van der Waals surface area contributed by atoms with Gasteiger partial charge in [-0.1, -0.05) is 23.2 Å². The van der Waals surface area contributed by atoms with Gasteiger partial charge in [-0.15, -0.1) is 0 Å². The summed E-state index contributed by atoms with van der Waals surface area (Å²) in [6.45, 7) is 4.16. The molecule has 1 aliphatic heterocycles. The van der Waals surface area contributed by atoms with Gasteiger partial charge in [0, 0.05) is 50.2 Å². The zero-order chi connectivity index (χ0) is 16.3. The molecule has 0 aliphatic carbocycles. The third-order valence-electron chi connectivity index (χ3n) is 3.71. The minimum Gasteiger partial charge on any atom is -0.495 e. The highest BCUT2D eigenvalue weighted by Crippen LogP contribution is 2.33. The number of ether oxygens (including phenoxy) is 1. The Morgan fingerprint density at radius 1 is 1.36 bits per heavy atom. The molecule has 0 saturated carbocycles. The minimum absolute atomic E-state index is 0.0238. The van der Waals surface area contributed by atoms with E-state index in [1.165, 1.54) is 6.92 Å². The quantitative estimate of drug-likeness (QED) is 0.909. The second-order valence-corrected chi connectivity index (χ2v) is 6.28. The second-order valence-electron chi connectivity index (χ2n) is 5.43. The van der Waals surface area contributed by atoms with Crippen molar-refractivity contribution in [2.45, 2.75) is 19.6 Å². The van der Waals surface area contributed by atoms with Gasteiger partial charge in [0.2, 0.25) is 5.91 Å². The summed E-state index contributed by atoms with van der Waals surface area (Å²) in [5, 5.41) is 11.1. The van der Waals surface area contributed by atoms with Crippen molar-refractivity contribution in [1.82, 2.24) is 9.80 Å². The number of methoxy groups -OCH3 is 1. The van der Waals surface area contributed by atoms with Crippen molar-refractivity contribution in [2.24, 2.45) is 0 Å². The maximum Gasteiger partial charge on any atom is 0.219 e. The van der Waals surface area contributed by atoms with Crippen LogP contribution < -0.4 is 4.74 Å². The van der Waals surface area contributed by atoms with E-state index in [0.717, 1.165) is 5.56 Å². The lowest BCUT2D eigenvalue weighted by atomic mass is 10.1. The molecule has 0 unspecified atom stereocenters. The summed E-state index contributed by atoms with van der Waals surface area (Å²) in [4.78, 5) is 15.2. The highest BCUT2D eigenvalue weighted by molar-refractivity contribution is 6.35. The summed E-state index contributed by atoms with van der Waals surface area (Å²) >= 11 is 12.2. The number of nitrogens with zero attached hydrogens (tertiary/aromatic N) is 2. The van der Waals surface area contributed by atoms with Crippen molar-refractivity contribution in [3.05, 3.63) is 27.7 Å². The highest BCUT2D eigenvalue weighted by atomic mass is 35.5. The Morgan fingerprint density at radius 3 is 2.73 bits per heavy atom. The molecule has 1 amide bonds. The fraction of sp³-hybridized carbons (Fsp3) is 0.533. The van der Waals surface area contributed by atoms with E-state index in [1.807, 2.05) is 6.07 Å². The van der Waals surface area contributed by atoms with E-state index >= 15 is 0 Å². The Morgan fingerprint density at radius 2 is 2.09 bits per heavy atom. The van der Waals surface area contributed by atoms with E-state index in [1.54, 1.807) is 18.1 Å². The molecule has 1 aromatic rings. The van der Waals surface area contributed by atoms with Crippen LogP contribution in [0.2, 0.25) is 10.0 Å². The monoisotopic (exact) mass is 346 g/mol. The Labute approximate surface area is 140 Å². The number of halogens is 2. The van der Waals surface area contributed by atoms with Gasteiger partial charge in [-0.3, -0.25) is 9.69 Å². The first kappa shape index (κ1) is 17.3. The average molecular weight is 347 g/mol. The molecule has 22 heavy (non-hydrogen) atoms. The number of hydrogen-bond acceptors (Lipinski definition) is 4. The summed E-state index contributed by atoms with van der Waals surface area (Å²) < 4.78 is 5.35. The maximum atomic E-state index is 11.5. The molecule has 1 heterocycles. The molecule has 1 aliphatic rings. The normalized spacial score (nSPS) is 19.9. The molecule has 122 valence electrons. The summed E-state index contributed by atoms with van der Waals surface area (Å²) in [5.41, 5.74) is 0.864. The van der Waals surface area contributed by atoms with Crippen molar-refractivity contribution >= 4 is 29.1 Å². The Bertz CT molecular complexity index is 554. The maximum absolute atomic E-state index is 11.5. The van der Waals surface area contributed by atoms with Crippen LogP contribution in [0.15, 0.2) is 12.1 Å². The molecule has 5 nitrogen and oxygen atoms in total. The van der Waals surface area contributed by atoms with Crippen LogP contribution in [-0.2, 0) is 11.3 Å². The van der Waals surface area contributed by atoms with Gasteiger partial charge < -0.3 is 14.7 Å². The number of hydrogen-bond donors (Lipinski definition) is 1. The van der Waals surface area contributed by atoms with E-state index in [2.05, 4.69) is 4.90 Å². The lowest BCUT2D eigenvalue weighted by Crippen LogP contribution is -2.36. The van der Waals surface area contributed by atoms with E-state index in [9.17, 15) is 9.90 Å².